The van der Waals surface area contributed by atoms with E-state index in [2.05, 4.69) is 12.6 Å². The molecule has 0 amide bonds. The summed E-state index contributed by atoms with van der Waals surface area (Å²) in [5.41, 5.74) is 18.9. The van der Waals surface area contributed by atoms with Crippen LogP contribution in [0.1, 0.15) is 16.8 Å². The van der Waals surface area contributed by atoms with E-state index >= 15 is 0 Å². The minimum absolute atomic E-state index is 0.0168. The fraction of sp³-hybridized carbons (Fsp3) is 0.318. The van der Waals surface area contributed by atoms with Crippen LogP contribution in [0.3, 0.4) is 0 Å². The third-order valence-electron chi connectivity index (χ3n) is 4.54. The number of ketones is 1. The van der Waals surface area contributed by atoms with Gasteiger partial charge in [-0.2, -0.15) is 24.4 Å². The molecule has 0 aliphatic rings. The monoisotopic (exact) mass is 511 g/mol. The number of rotatable bonds is 11. The lowest BCUT2D eigenvalue weighted by molar-refractivity contribution is -0.190. The highest BCUT2D eigenvalue weighted by Crippen LogP contribution is 2.33. The lowest BCUT2D eigenvalue weighted by Gasteiger charge is -2.28. The van der Waals surface area contributed by atoms with Gasteiger partial charge in [0.1, 0.15) is 12.1 Å². The molecular weight excluding hydrogens is 486 g/mol. The number of hydrogen-bond donors (Lipinski definition) is 4. The van der Waals surface area contributed by atoms with Crippen molar-refractivity contribution in [3.8, 4) is 11.1 Å². The van der Waals surface area contributed by atoms with Crippen molar-refractivity contribution in [3.63, 3.8) is 0 Å². The van der Waals surface area contributed by atoms with Gasteiger partial charge in [-0.15, -0.1) is 0 Å². The maximum Gasteiger partial charge on any atom is 0.404 e. The van der Waals surface area contributed by atoms with Crippen LogP contribution in [0.2, 0.25) is 0 Å². The van der Waals surface area contributed by atoms with Crippen molar-refractivity contribution in [3.05, 3.63) is 54.1 Å². The maximum atomic E-state index is 13.6. The number of esters is 2. The van der Waals surface area contributed by atoms with Crippen LogP contribution >= 0.6 is 36.0 Å². The van der Waals surface area contributed by atoms with Gasteiger partial charge in [-0.05, 0) is 59.4 Å². The second kappa shape index (κ2) is 12.3. The normalized spacial score (nSPS) is 14.6. The molecule has 2 aromatic carbocycles. The average molecular weight is 512 g/mol. The van der Waals surface area contributed by atoms with Gasteiger partial charge in [-0.3, -0.25) is 14.4 Å². The molecule has 178 valence electrons. The van der Waals surface area contributed by atoms with Gasteiger partial charge in [0.15, 0.2) is 0 Å². The molecule has 2 aromatic rings. The number of alkyl halides is 1. The van der Waals surface area contributed by atoms with E-state index in [9.17, 15) is 14.4 Å². The van der Waals surface area contributed by atoms with Crippen LogP contribution in [-0.4, -0.2) is 52.8 Å². The van der Waals surface area contributed by atoms with Crippen molar-refractivity contribution in [2.24, 2.45) is 11.5 Å². The molecule has 0 aliphatic heterocycles. The number of carbonyl (C=O) groups is 3. The molecule has 0 heterocycles. The molecule has 6 N–H and O–H groups in total. The lowest BCUT2D eigenvalue weighted by Crippen LogP contribution is -2.49. The number of halogens is 1. The number of anilines is 1. The lowest BCUT2D eigenvalue weighted by atomic mass is 9.96. The predicted octanol–water partition coefficient (Wildman–Crippen LogP) is 2.43. The number of Topliss-reactive ketones (excluding diaryl/α,β-unsaturated/α-hetero) is 1. The van der Waals surface area contributed by atoms with Gasteiger partial charge >= 0.3 is 17.2 Å². The molecule has 3 unspecified atom stereocenters. The van der Waals surface area contributed by atoms with Crippen molar-refractivity contribution in [2.45, 2.75) is 23.8 Å². The summed E-state index contributed by atoms with van der Waals surface area (Å²) in [5, 5.41) is -2.83. The SMILES string of the molecule is CSCCC(N)C(=O)OC(Cl)(OC(=O)C(N)CS)C(=O)c1ccc(N)cc1-c1ccccc1. The second-order valence-corrected chi connectivity index (χ2v) is 8.90. The Balaban J connectivity index is 2.50. The topological polar surface area (TPSA) is 148 Å². The first-order valence-electron chi connectivity index (χ1n) is 9.88. The summed E-state index contributed by atoms with van der Waals surface area (Å²) in [7, 11) is 0. The molecule has 0 bridgehead atoms. The fourth-order valence-electron chi connectivity index (χ4n) is 2.74. The first kappa shape index (κ1) is 27.0. The van der Waals surface area contributed by atoms with Gasteiger partial charge < -0.3 is 26.7 Å². The van der Waals surface area contributed by atoms with E-state index in [0.29, 0.717) is 22.6 Å². The highest BCUT2D eigenvalue weighted by molar-refractivity contribution is 7.98. The van der Waals surface area contributed by atoms with E-state index < -0.39 is 35.1 Å². The van der Waals surface area contributed by atoms with Crippen LogP contribution < -0.4 is 17.2 Å². The number of ether oxygens (including phenoxy) is 2. The molecule has 11 heteroatoms. The van der Waals surface area contributed by atoms with Crippen molar-refractivity contribution in [2.75, 3.05) is 23.5 Å². The maximum absolute atomic E-state index is 13.6. The molecule has 2 rings (SSSR count). The number of thiol groups is 1. The summed E-state index contributed by atoms with van der Waals surface area (Å²) >= 11 is 11.8. The number of carbonyl (C=O) groups excluding carboxylic acids is 3. The van der Waals surface area contributed by atoms with Crippen LogP contribution in [0.4, 0.5) is 5.69 Å². The van der Waals surface area contributed by atoms with Gasteiger partial charge in [-0.1, -0.05) is 30.3 Å². The van der Waals surface area contributed by atoms with Crippen LogP contribution in [0.5, 0.6) is 0 Å². The van der Waals surface area contributed by atoms with E-state index in [-0.39, 0.29) is 17.7 Å². The van der Waals surface area contributed by atoms with Gasteiger partial charge in [0.25, 0.3) is 5.78 Å². The quantitative estimate of drug-likeness (QED) is 0.0891. The molecule has 3 atom stereocenters. The van der Waals surface area contributed by atoms with Crippen molar-refractivity contribution in [1.29, 1.82) is 0 Å². The molecule has 0 saturated carbocycles. The van der Waals surface area contributed by atoms with E-state index in [4.69, 9.17) is 38.3 Å². The first-order chi connectivity index (χ1) is 15.6. The van der Waals surface area contributed by atoms with Gasteiger partial charge in [-0.25, -0.2) is 0 Å². The first-order valence-corrected chi connectivity index (χ1v) is 12.3. The zero-order valence-electron chi connectivity index (χ0n) is 17.9. The Bertz CT molecular complexity index is 995. The van der Waals surface area contributed by atoms with E-state index in [1.807, 2.05) is 12.3 Å². The van der Waals surface area contributed by atoms with Gasteiger partial charge in [0.2, 0.25) is 0 Å². The number of hydrogen-bond acceptors (Lipinski definition) is 10. The number of nitrogens with two attached hydrogens (primary N) is 3. The second-order valence-electron chi connectivity index (χ2n) is 7.06. The molecule has 0 fully saturated rings. The molecule has 0 spiro atoms. The Morgan fingerprint density at radius 3 is 2.24 bits per heavy atom. The summed E-state index contributed by atoms with van der Waals surface area (Å²) in [6.45, 7) is 0. The molecule has 33 heavy (non-hydrogen) atoms. The van der Waals surface area contributed by atoms with E-state index in [1.54, 1.807) is 30.3 Å². The van der Waals surface area contributed by atoms with E-state index in [1.165, 1.54) is 23.9 Å². The summed E-state index contributed by atoms with van der Waals surface area (Å²) in [6.07, 6.45) is 2.11. The third kappa shape index (κ3) is 7.12. The Morgan fingerprint density at radius 1 is 1.06 bits per heavy atom. The number of thioether (sulfide) groups is 1. The summed E-state index contributed by atoms with van der Waals surface area (Å²) in [4.78, 5) is 38.5. The highest BCUT2D eigenvalue weighted by Gasteiger charge is 2.48. The number of benzene rings is 2. The molecule has 0 saturated heterocycles. The van der Waals surface area contributed by atoms with Crippen LogP contribution in [-0.2, 0) is 19.1 Å². The van der Waals surface area contributed by atoms with Crippen LogP contribution in [0.15, 0.2) is 48.5 Å². The van der Waals surface area contributed by atoms with Crippen LogP contribution in [0.25, 0.3) is 11.1 Å². The Morgan fingerprint density at radius 2 is 1.67 bits per heavy atom. The minimum atomic E-state index is -2.83. The third-order valence-corrected chi connectivity index (χ3v) is 5.91. The zero-order chi connectivity index (χ0) is 24.6. The summed E-state index contributed by atoms with van der Waals surface area (Å²) < 4.78 is 10.3. The predicted molar refractivity (Wildman–Crippen MR) is 134 cm³/mol. The Kier molecular flexibility index (Phi) is 10.1. The molecule has 0 radical (unpaired) electrons. The van der Waals surface area contributed by atoms with Gasteiger partial charge in [0.05, 0.1) is 0 Å². The van der Waals surface area contributed by atoms with E-state index in [0.717, 1.165) is 0 Å². The van der Waals surface area contributed by atoms with Crippen molar-refractivity contribution >= 4 is 59.4 Å². The van der Waals surface area contributed by atoms with Crippen molar-refractivity contribution in [1.82, 2.24) is 0 Å². The Labute approximate surface area is 206 Å². The standard InChI is InChI=1S/C22H26ClN3O5S2/c1-33-10-9-17(25)20(28)30-22(23,31-21(29)18(26)12-32)19(27)15-8-7-14(24)11-16(15)13-5-3-2-4-6-13/h2-8,11,17-18,32H,9-10,12,24-26H2,1H3. The largest absolute Gasteiger partial charge is 0.404 e. The summed E-state index contributed by atoms with van der Waals surface area (Å²) in [5.74, 6) is -2.59. The van der Waals surface area contributed by atoms with Crippen LogP contribution in [0, 0.1) is 0 Å². The van der Waals surface area contributed by atoms with Crippen molar-refractivity contribution < 1.29 is 23.9 Å². The molecule has 0 aliphatic carbocycles. The average Bonchev–Trinajstić information content (AvgIpc) is 2.81. The number of nitrogen functional groups attached to an aromatic ring is 1. The smallest absolute Gasteiger partial charge is 0.401 e. The molecular formula is C22H26ClN3O5S2. The Hall–Kier alpha value is -2.24. The summed E-state index contributed by atoms with van der Waals surface area (Å²) in [6, 6.07) is 11.0. The minimum Gasteiger partial charge on any atom is -0.401 e. The zero-order valence-corrected chi connectivity index (χ0v) is 20.4. The highest BCUT2D eigenvalue weighted by atomic mass is 35.5. The molecule has 8 nitrogen and oxygen atoms in total. The molecule has 0 aromatic heterocycles. The van der Waals surface area contributed by atoms with Gasteiger partial charge in [0, 0.05) is 17.0 Å². The fourth-order valence-corrected chi connectivity index (χ4v) is 3.63.